The van der Waals surface area contributed by atoms with E-state index in [9.17, 15) is 4.79 Å². The van der Waals surface area contributed by atoms with E-state index >= 15 is 0 Å². The normalized spacial score (nSPS) is 16.9. The molecule has 0 fully saturated rings. The molecule has 4 rings (SSSR count). The number of hydrogen-bond donors (Lipinski definition) is 0. The van der Waals surface area contributed by atoms with Crippen molar-refractivity contribution >= 4 is 23.4 Å². The van der Waals surface area contributed by atoms with Gasteiger partial charge in [-0.05, 0) is 44.4 Å². The van der Waals surface area contributed by atoms with Crippen LogP contribution in [0.4, 0.5) is 5.69 Å². The van der Waals surface area contributed by atoms with Gasteiger partial charge in [0.1, 0.15) is 0 Å². The fraction of sp³-hybridized carbons (Fsp3) is 0.318. The Morgan fingerprint density at radius 3 is 2.64 bits per heavy atom. The third kappa shape index (κ3) is 3.22. The number of amides is 1. The minimum atomic E-state index is -0.249. The van der Waals surface area contributed by atoms with Gasteiger partial charge in [-0.3, -0.25) is 4.79 Å². The van der Waals surface area contributed by atoms with Crippen molar-refractivity contribution in [1.82, 2.24) is 14.8 Å². The third-order valence-electron chi connectivity index (χ3n) is 5.30. The summed E-state index contributed by atoms with van der Waals surface area (Å²) in [4.78, 5) is 15.1. The summed E-state index contributed by atoms with van der Waals surface area (Å²) in [6.07, 6.45) is 0.903. The molecule has 28 heavy (non-hydrogen) atoms. The fourth-order valence-corrected chi connectivity index (χ4v) is 4.64. The van der Waals surface area contributed by atoms with Gasteiger partial charge in [0.25, 0.3) is 0 Å². The highest BCUT2D eigenvalue weighted by atomic mass is 32.2. The van der Waals surface area contributed by atoms with E-state index in [2.05, 4.69) is 36.2 Å². The molecule has 1 amide bonds. The second-order valence-electron chi connectivity index (χ2n) is 7.33. The fourth-order valence-electron chi connectivity index (χ4n) is 3.78. The Balaban J connectivity index is 1.56. The molecule has 5 nitrogen and oxygen atoms in total. The molecule has 1 aliphatic rings. The average Bonchev–Trinajstić information content (AvgIpc) is 3.21. The summed E-state index contributed by atoms with van der Waals surface area (Å²) in [6, 6.07) is 16.5. The number of carbonyl (C=O) groups excluding carboxylic acids is 1. The minimum absolute atomic E-state index is 0.114. The lowest BCUT2D eigenvalue weighted by Gasteiger charge is -2.25. The summed E-state index contributed by atoms with van der Waals surface area (Å²) in [5.41, 5.74) is 4.48. The number of aromatic nitrogens is 3. The van der Waals surface area contributed by atoms with Gasteiger partial charge in [-0.2, -0.15) is 0 Å². The largest absolute Gasteiger partial charge is 0.308 e. The highest BCUT2D eigenvalue weighted by molar-refractivity contribution is 8.00. The third-order valence-corrected chi connectivity index (χ3v) is 6.42. The Kier molecular flexibility index (Phi) is 4.98. The number of anilines is 1. The zero-order valence-corrected chi connectivity index (χ0v) is 17.4. The highest BCUT2D eigenvalue weighted by Crippen LogP contribution is 2.35. The molecule has 0 saturated heterocycles. The van der Waals surface area contributed by atoms with Crippen molar-refractivity contribution in [3.63, 3.8) is 0 Å². The standard InChI is InChI=1S/C22H24N4OS/c1-14-9-5-7-11-18(14)20-23-24-22(25(20)4)28-16(3)21(27)26-15(2)13-17-10-6-8-12-19(17)26/h5-12,15-16H,13H2,1-4H3/t15-,16+/m1/s1. The summed E-state index contributed by atoms with van der Waals surface area (Å²) in [7, 11) is 1.95. The Bertz CT molecular complexity index is 1030. The van der Waals surface area contributed by atoms with E-state index in [0.717, 1.165) is 34.2 Å². The number of thioether (sulfide) groups is 1. The first-order valence-corrected chi connectivity index (χ1v) is 10.4. The highest BCUT2D eigenvalue weighted by Gasteiger charge is 2.34. The summed E-state index contributed by atoms with van der Waals surface area (Å²) in [5, 5.41) is 9.23. The summed E-state index contributed by atoms with van der Waals surface area (Å²) >= 11 is 1.46. The molecule has 1 aliphatic heterocycles. The smallest absolute Gasteiger partial charge is 0.240 e. The Morgan fingerprint density at radius 2 is 1.86 bits per heavy atom. The Hall–Kier alpha value is -2.60. The van der Waals surface area contributed by atoms with E-state index in [4.69, 9.17) is 0 Å². The molecule has 2 aromatic carbocycles. The molecule has 0 N–H and O–H groups in total. The van der Waals surface area contributed by atoms with Crippen molar-refractivity contribution in [2.24, 2.45) is 7.05 Å². The average molecular weight is 393 g/mol. The van der Waals surface area contributed by atoms with Gasteiger partial charge in [-0.25, -0.2) is 0 Å². The number of fused-ring (bicyclic) bond motifs is 1. The van der Waals surface area contributed by atoms with Crippen LogP contribution in [0.5, 0.6) is 0 Å². The number of benzene rings is 2. The molecule has 0 spiro atoms. The van der Waals surface area contributed by atoms with Gasteiger partial charge in [-0.15, -0.1) is 10.2 Å². The molecule has 6 heteroatoms. The van der Waals surface area contributed by atoms with Crippen LogP contribution in [0.25, 0.3) is 11.4 Å². The quantitative estimate of drug-likeness (QED) is 0.623. The van der Waals surface area contributed by atoms with E-state index in [1.54, 1.807) is 0 Å². The van der Waals surface area contributed by atoms with E-state index in [1.165, 1.54) is 17.3 Å². The summed E-state index contributed by atoms with van der Waals surface area (Å²) < 4.78 is 1.97. The molecule has 0 saturated carbocycles. The maximum Gasteiger partial charge on any atom is 0.240 e. The minimum Gasteiger partial charge on any atom is -0.308 e. The number of nitrogens with zero attached hydrogens (tertiary/aromatic N) is 4. The van der Waals surface area contributed by atoms with E-state index in [1.807, 2.05) is 59.8 Å². The van der Waals surface area contributed by atoms with Crippen LogP contribution in [-0.2, 0) is 18.3 Å². The van der Waals surface area contributed by atoms with Crippen LogP contribution in [0.15, 0.2) is 53.7 Å². The molecule has 2 heterocycles. The molecule has 3 aromatic rings. The van der Waals surface area contributed by atoms with Crippen molar-refractivity contribution in [3.05, 3.63) is 59.7 Å². The second-order valence-corrected chi connectivity index (χ2v) is 8.64. The van der Waals surface area contributed by atoms with Crippen molar-refractivity contribution in [3.8, 4) is 11.4 Å². The zero-order valence-electron chi connectivity index (χ0n) is 16.6. The van der Waals surface area contributed by atoms with Gasteiger partial charge < -0.3 is 9.47 Å². The van der Waals surface area contributed by atoms with Crippen LogP contribution in [0.1, 0.15) is 25.0 Å². The first-order chi connectivity index (χ1) is 13.5. The second kappa shape index (κ2) is 7.43. The van der Waals surface area contributed by atoms with Gasteiger partial charge in [0.2, 0.25) is 5.91 Å². The van der Waals surface area contributed by atoms with Crippen LogP contribution in [-0.4, -0.2) is 32.0 Å². The van der Waals surface area contributed by atoms with Crippen molar-refractivity contribution in [2.75, 3.05) is 4.90 Å². The topological polar surface area (TPSA) is 51.0 Å². The first-order valence-electron chi connectivity index (χ1n) is 9.50. The van der Waals surface area contributed by atoms with E-state index < -0.39 is 0 Å². The van der Waals surface area contributed by atoms with Gasteiger partial charge in [-0.1, -0.05) is 54.2 Å². The van der Waals surface area contributed by atoms with Crippen molar-refractivity contribution in [1.29, 1.82) is 0 Å². The van der Waals surface area contributed by atoms with Crippen LogP contribution >= 0.6 is 11.8 Å². The molecule has 0 aliphatic carbocycles. The molecule has 144 valence electrons. The number of aryl methyl sites for hydroxylation is 1. The molecular formula is C22H24N4OS. The van der Waals surface area contributed by atoms with Crippen LogP contribution in [0, 0.1) is 6.92 Å². The number of para-hydroxylation sites is 1. The molecule has 1 aromatic heterocycles. The summed E-state index contributed by atoms with van der Waals surface area (Å²) in [5.74, 6) is 0.933. The molecule has 2 atom stereocenters. The van der Waals surface area contributed by atoms with Gasteiger partial charge in [0, 0.05) is 24.3 Å². The Labute approximate surface area is 169 Å². The SMILES string of the molecule is Cc1ccccc1-c1nnc(S[C@@H](C)C(=O)N2c3ccccc3C[C@H]2C)n1C. The lowest BCUT2D eigenvalue weighted by molar-refractivity contribution is -0.118. The maximum absolute atomic E-state index is 13.2. The number of hydrogen-bond acceptors (Lipinski definition) is 4. The lowest BCUT2D eigenvalue weighted by Crippen LogP contribution is -2.40. The van der Waals surface area contributed by atoms with Crippen LogP contribution in [0.2, 0.25) is 0 Å². The predicted molar refractivity (Wildman–Crippen MR) is 114 cm³/mol. The number of rotatable bonds is 4. The van der Waals surface area contributed by atoms with Gasteiger partial charge in [0.15, 0.2) is 11.0 Å². The van der Waals surface area contributed by atoms with Gasteiger partial charge in [0.05, 0.1) is 5.25 Å². The zero-order chi connectivity index (χ0) is 19.8. The van der Waals surface area contributed by atoms with Gasteiger partial charge >= 0.3 is 0 Å². The molecule has 0 unspecified atom stereocenters. The van der Waals surface area contributed by atoms with Crippen molar-refractivity contribution in [2.45, 2.75) is 43.6 Å². The van der Waals surface area contributed by atoms with Crippen LogP contribution < -0.4 is 4.90 Å². The lowest BCUT2D eigenvalue weighted by atomic mass is 10.1. The molecule has 0 bridgehead atoms. The monoisotopic (exact) mass is 392 g/mol. The molecule has 0 radical (unpaired) electrons. The van der Waals surface area contributed by atoms with E-state index in [0.29, 0.717) is 0 Å². The first kappa shape index (κ1) is 18.7. The predicted octanol–water partition coefficient (Wildman–Crippen LogP) is 4.25. The summed E-state index contributed by atoms with van der Waals surface area (Å²) in [6.45, 7) is 6.12. The van der Waals surface area contributed by atoms with E-state index in [-0.39, 0.29) is 17.2 Å². The maximum atomic E-state index is 13.2. The van der Waals surface area contributed by atoms with Crippen LogP contribution in [0.3, 0.4) is 0 Å². The number of carbonyl (C=O) groups is 1. The molecular weight excluding hydrogens is 368 g/mol. The Morgan fingerprint density at radius 1 is 1.14 bits per heavy atom. The van der Waals surface area contributed by atoms with Crippen molar-refractivity contribution < 1.29 is 4.79 Å².